The highest BCUT2D eigenvalue weighted by Gasteiger charge is 2.29. The van der Waals surface area contributed by atoms with E-state index in [2.05, 4.69) is 63.6 Å². The van der Waals surface area contributed by atoms with Crippen LogP contribution in [0.2, 0.25) is 5.02 Å². The van der Waals surface area contributed by atoms with E-state index in [0.717, 1.165) is 26.2 Å². The monoisotopic (exact) mass is 570 g/mol. The highest BCUT2D eigenvalue weighted by Crippen LogP contribution is 2.31. The van der Waals surface area contributed by atoms with Crippen LogP contribution in [0.4, 0.5) is 5.69 Å². The number of anilines is 1. The molecule has 2 heterocycles. The van der Waals surface area contributed by atoms with Crippen LogP contribution >= 0.6 is 23.8 Å². The topological polar surface area (TPSA) is 65.1 Å². The molecule has 0 unspecified atom stereocenters. The number of benzene rings is 3. The molecule has 0 aromatic heterocycles. The van der Waals surface area contributed by atoms with E-state index in [1.807, 2.05) is 12.1 Å². The van der Waals surface area contributed by atoms with E-state index in [-0.39, 0.29) is 10.9 Å². The Morgan fingerprint density at radius 2 is 1.42 bits per heavy atom. The number of morpholine rings is 1. The lowest BCUT2D eigenvalue weighted by Gasteiger charge is -2.40. The predicted molar refractivity (Wildman–Crippen MR) is 155 cm³/mol. The van der Waals surface area contributed by atoms with Crippen LogP contribution in [0.15, 0.2) is 83.8 Å². The van der Waals surface area contributed by atoms with Crippen LogP contribution in [0.25, 0.3) is 0 Å². The van der Waals surface area contributed by atoms with Crippen molar-refractivity contribution in [2.45, 2.75) is 10.9 Å². The van der Waals surface area contributed by atoms with Gasteiger partial charge in [0.1, 0.15) is 0 Å². The Morgan fingerprint density at radius 3 is 2.00 bits per heavy atom. The van der Waals surface area contributed by atoms with E-state index < -0.39 is 10.0 Å². The molecule has 2 saturated heterocycles. The molecule has 7 nitrogen and oxygen atoms in total. The second-order valence-electron chi connectivity index (χ2n) is 9.34. The van der Waals surface area contributed by atoms with Gasteiger partial charge in [-0.2, -0.15) is 4.31 Å². The van der Waals surface area contributed by atoms with Gasteiger partial charge in [-0.3, -0.25) is 4.90 Å². The fraction of sp³-hybridized carbons (Fsp3) is 0.321. The number of hydrogen-bond acceptors (Lipinski definition) is 5. The SMILES string of the molecule is O=S(=O)(c1ccc(Cl)c(NC(=S)N2CCN(C(c3ccccc3)c3ccccc3)CC2)c1)N1CCOCC1. The van der Waals surface area contributed by atoms with Crippen LogP contribution in [0.1, 0.15) is 17.2 Å². The first-order chi connectivity index (χ1) is 18.4. The van der Waals surface area contributed by atoms with Gasteiger partial charge in [-0.25, -0.2) is 8.42 Å². The van der Waals surface area contributed by atoms with Crippen molar-refractivity contribution in [3.05, 3.63) is 95.0 Å². The van der Waals surface area contributed by atoms with Crippen molar-refractivity contribution in [3.63, 3.8) is 0 Å². The molecule has 10 heteroatoms. The van der Waals surface area contributed by atoms with E-state index >= 15 is 0 Å². The van der Waals surface area contributed by atoms with Gasteiger partial charge in [-0.1, -0.05) is 72.3 Å². The Kier molecular flexibility index (Phi) is 8.62. The molecule has 3 aromatic carbocycles. The van der Waals surface area contributed by atoms with Gasteiger partial charge >= 0.3 is 0 Å². The number of thiocarbonyl (C=S) groups is 1. The van der Waals surface area contributed by atoms with Crippen molar-refractivity contribution in [1.82, 2.24) is 14.1 Å². The minimum absolute atomic E-state index is 0.164. The number of piperazine rings is 1. The van der Waals surface area contributed by atoms with Crippen molar-refractivity contribution in [1.29, 1.82) is 0 Å². The zero-order valence-electron chi connectivity index (χ0n) is 21.0. The van der Waals surface area contributed by atoms with Crippen molar-refractivity contribution in [3.8, 4) is 0 Å². The molecule has 0 amide bonds. The Labute approximate surface area is 235 Å². The Balaban J connectivity index is 1.27. The average Bonchev–Trinajstić information content (AvgIpc) is 2.96. The fourth-order valence-electron chi connectivity index (χ4n) is 4.96. The maximum absolute atomic E-state index is 13.1. The summed E-state index contributed by atoms with van der Waals surface area (Å²) in [5.41, 5.74) is 3.01. The van der Waals surface area contributed by atoms with Crippen molar-refractivity contribution >= 4 is 44.6 Å². The van der Waals surface area contributed by atoms with E-state index in [1.165, 1.54) is 21.5 Å². The first-order valence-corrected chi connectivity index (χ1v) is 14.9. The fourth-order valence-corrected chi connectivity index (χ4v) is 6.85. The largest absolute Gasteiger partial charge is 0.379 e. The molecule has 2 aliphatic heterocycles. The second-order valence-corrected chi connectivity index (χ2v) is 12.1. The highest BCUT2D eigenvalue weighted by molar-refractivity contribution is 7.89. The number of hydrogen-bond donors (Lipinski definition) is 1. The van der Waals surface area contributed by atoms with Gasteiger partial charge in [0.25, 0.3) is 0 Å². The lowest BCUT2D eigenvalue weighted by molar-refractivity contribution is 0.0730. The van der Waals surface area contributed by atoms with Crippen LogP contribution in [0, 0.1) is 0 Å². The molecule has 5 rings (SSSR count). The summed E-state index contributed by atoms with van der Waals surface area (Å²) in [5.74, 6) is 0. The van der Waals surface area contributed by atoms with Crippen molar-refractivity contribution < 1.29 is 13.2 Å². The standard InChI is InChI=1S/C28H31ClN4O3S2/c29-25-12-11-24(38(34,35)33-17-19-36-20-18-33)21-26(25)30-28(37)32-15-13-31(14-16-32)27(22-7-3-1-4-8-22)23-9-5-2-6-10-23/h1-12,21,27H,13-20H2,(H,30,37). The van der Waals surface area contributed by atoms with Gasteiger partial charge in [0, 0.05) is 39.3 Å². The highest BCUT2D eigenvalue weighted by atomic mass is 35.5. The summed E-state index contributed by atoms with van der Waals surface area (Å²) in [7, 11) is -3.64. The van der Waals surface area contributed by atoms with Gasteiger partial charge < -0.3 is 15.0 Å². The maximum atomic E-state index is 13.1. The lowest BCUT2D eigenvalue weighted by atomic mass is 9.96. The molecular formula is C28H31ClN4O3S2. The molecular weight excluding hydrogens is 540 g/mol. The van der Waals surface area contributed by atoms with Gasteiger partial charge in [0.15, 0.2) is 5.11 Å². The Bertz CT molecular complexity index is 1310. The summed E-state index contributed by atoms with van der Waals surface area (Å²) < 4.78 is 33.0. The van der Waals surface area contributed by atoms with Crippen LogP contribution < -0.4 is 5.32 Å². The smallest absolute Gasteiger partial charge is 0.243 e. The quantitative estimate of drug-likeness (QED) is 0.439. The number of rotatable bonds is 6. The van der Waals surface area contributed by atoms with Gasteiger partial charge in [0.2, 0.25) is 10.0 Å². The number of nitrogens with one attached hydrogen (secondary N) is 1. The van der Waals surface area contributed by atoms with E-state index in [9.17, 15) is 8.42 Å². The Hall–Kier alpha value is -2.53. The summed E-state index contributed by atoms with van der Waals surface area (Å²) >= 11 is 12.2. The zero-order valence-corrected chi connectivity index (χ0v) is 23.4. The molecule has 3 aromatic rings. The maximum Gasteiger partial charge on any atom is 0.243 e. The molecule has 2 aliphatic rings. The minimum Gasteiger partial charge on any atom is -0.379 e. The van der Waals surface area contributed by atoms with Crippen LogP contribution in [0.5, 0.6) is 0 Å². The molecule has 38 heavy (non-hydrogen) atoms. The summed E-state index contributed by atoms with van der Waals surface area (Å²) in [5, 5.41) is 4.15. The van der Waals surface area contributed by atoms with Gasteiger partial charge in [-0.15, -0.1) is 0 Å². The number of nitrogens with zero attached hydrogens (tertiary/aromatic N) is 3. The summed E-state index contributed by atoms with van der Waals surface area (Å²) in [4.78, 5) is 4.78. The van der Waals surface area contributed by atoms with E-state index in [0.29, 0.717) is 42.1 Å². The third-order valence-electron chi connectivity index (χ3n) is 6.98. The van der Waals surface area contributed by atoms with Gasteiger partial charge in [-0.05, 0) is 41.5 Å². The normalized spacial score (nSPS) is 17.5. The van der Waals surface area contributed by atoms with Crippen LogP contribution in [-0.2, 0) is 14.8 Å². The molecule has 200 valence electrons. The molecule has 2 fully saturated rings. The van der Waals surface area contributed by atoms with Crippen molar-refractivity contribution in [2.24, 2.45) is 0 Å². The molecule has 0 spiro atoms. The average molecular weight is 571 g/mol. The van der Waals surface area contributed by atoms with Crippen LogP contribution in [0.3, 0.4) is 0 Å². The molecule has 0 atom stereocenters. The van der Waals surface area contributed by atoms with E-state index in [4.69, 9.17) is 28.6 Å². The number of halogens is 1. The third kappa shape index (κ3) is 6.03. The minimum atomic E-state index is -3.64. The molecule has 0 bridgehead atoms. The number of sulfonamides is 1. The van der Waals surface area contributed by atoms with E-state index in [1.54, 1.807) is 12.1 Å². The molecule has 1 N–H and O–H groups in total. The summed E-state index contributed by atoms with van der Waals surface area (Å²) in [6.45, 7) is 4.60. The van der Waals surface area contributed by atoms with Gasteiger partial charge in [0.05, 0.1) is 34.9 Å². The zero-order chi connectivity index (χ0) is 26.5. The molecule has 0 saturated carbocycles. The first-order valence-electron chi connectivity index (χ1n) is 12.7. The number of ether oxygens (including phenoxy) is 1. The predicted octanol–water partition coefficient (Wildman–Crippen LogP) is 4.46. The first kappa shape index (κ1) is 27.1. The third-order valence-corrected chi connectivity index (χ3v) is 9.57. The Morgan fingerprint density at radius 1 is 0.842 bits per heavy atom. The lowest BCUT2D eigenvalue weighted by Crippen LogP contribution is -2.51. The van der Waals surface area contributed by atoms with Crippen molar-refractivity contribution in [2.75, 3.05) is 57.8 Å². The molecule has 0 aliphatic carbocycles. The van der Waals surface area contributed by atoms with Crippen LogP contribution in [-0.4, -0.2) is 80.1 Å². The summed E-state index contributed by atoms with van der Waals surface area (Å²) in [6.07, 6.45) is 0. The summed E-state index contributed by atoms with van der Waals surface area (Å²) in [6, 6.07) is 26.0. The molecule has 0 radical (unpaired) electrons. The second kappa shape index (κ2) is 12.1.